The van der Waals surface area contributed by atoms with Gasteiger partial charge in [0.15, 0.2) is 5.96 Å². The maximum absolute atomic E-state index is 13.6. The summed E-state index contributed by atoms with van der Waals surface area (Å²) in [4.78, 5) is 7.75. The maximum Gasteiger partial charge on any atom is 0.191 e. The summed E-state index contributed by atoms with van der Waals surface area (Å²) < 4.78 is 15.4. The first-order valence-corrected chi connectivity index (χ1v) is 10.3. The van der Waals surface area contributed by atoms with E-state index in [9.17, 15) is 4.39 Å². The van der Waals surface area contributed by atoms with Crippen molar-refractivity contribution in [3.8, 4) is 0 Å². The Morgan fingerprint density at radius 2 is 2.30 bits per heavy atom. The highest BCUT2D eigenvalue weighted by Gasteiger charge is 2.21. The second-order valence-corrected chi connectivity index (χ2v) is 7.53. The van der Waals surface area contributed by atoms with Crippen molar-refractivity contribution in [3.05, 3.63) is 42.0 Å². The SMILES string of the molecule is CN=C(NCc1cc(F)ccc1SC)NC1CCCN(c2cnn(C)c2)C1. The third-order valence-corrected chi connectivity index (χ3v) is 5.57. The second kappa shape index (κ2) is 9.12. The molecule has 0 bridgehead atoms. The molecule has 6 nitrogen and oxygen atoms in total. The second-order valence-electron chi connectivity index (χ2n) is 6.68. The molecule has 0 spiro atoms. The minimum Gasteiger partial charge on any atom is -0.367 e. The molecule has 1 saturated heterocycles. The third kappa shape index (κ3) is 5.15. The Kier molecular flexibility index (Phi) is 6.60. The number of benzene rings is 1. The molecule has 2 aromatic rings. The van der Waals surface area contributed by atoms with Gasteiger partial charge in [-0.2, -0.15) is 5.10 Å². The van der Waals surface area contributed by atoms with E-state index in [4.69, 9.17) is 0 Å². The fourth-order valence-corrected chi connectivity index (χ4v) is 3.95. The molecule has 3 rings (SSSR count). The van der Waals surface area contributed by atoms with Gasteiger partial charge in [-0.25, -0.2) is 4.39 Å². The van der Waals surface area contributed by atoms with E-state index < -0.39 is 0 Å². The van der Waals surface area contributed by atoms with Crippen LogP contribution in [-0.4, -0.2) is 48.2 Å². The Hall–Kier alpha value is -2.22. The van der Waals surface area contributed by atoms with E-state index in [0.29, 0.717) is 12.6 Å². The highest BCUT2D eigenvalue weighted by atomic mass is 32.2. The van der Waals surface area contributed by atoms with E-state index in [2.05, 4.69) is 25.6 Å². The minimum absolute atomic E-state index is 0.216. The van der Waals surface area contributed by atoms with Crippen LogP contribution in [0.25, 0.3) is 0 Å². The molecule has 2 N–H and O–H groups in total. The Bertz CT molecular complexity index is 790. The average molecular weight is 391 g/mol. The summed E-state index contributed by atoms with van der Waals surface area (Å²) in [6.07, 6.45) is 8.16. The van der Waals surface area contributed by atoms with Gasteiger partial charge in [-0.3, -0.25) is 9.67 Å². The summed E-state index contributed by atoms with van der Waals surface area (Å²) in [7, 11) is 3.70. The summed E-state index contributed by atoms with van der Waals surface area (Å²) in [6.45, 7) is 2.48. The smallest absolute Gasteiger partial charge is 0.191 e. The van der Waals surface area contributed by atoms with Crippen LogP contribution in [0, 0.1) is 5.82 Å². The molecule has 1 aliphatic heterocycles. The van der Waals surface area contributed by atoms with E-state index in [1.807, 2.05) is 36.4 Å². The Morgan fingerprint density at radius 1 is 1.44 bits per heavy atom. The lowest BCUT2D eigenvalue weighted by Crippen LogP contribution is -2.51. The first-order valence-electron chi connectivity index (χ1n) is 9.12. The van der Waals surface area contributed by atoms with Gasteiger partial charge in [0.05, 0.1) is 11.9 Å². The predicted octanol–water partition coefficient (Wildman–Crippen LogP) is 2.62. The average Bonchev–Trinajstić information content (AvgIpc) is 3.12. The Balaban J connectivity index is 1.58. The number of guanidine groups is 1. The van der Waals surface area contributed by atoms with Crippen molar-refractivity contribution < 1.29 is 4.39 Å². The lowest BCUT2D eigenvalue weighted by Gasteiger charge is -2.34. The number of thioether (sulfide) groups is 1. The van der Waals surface area contributed by atoms with E-state index in [0.717, 1.165) is 48.0 Å². The number of piperidine rings is 1. The zero-order valence-corrected chi connectivity index (χ0v) is 16.9. The molecule has 8 heteroatoms. The highest BCUT2D eigenvalue weighted by Crippen LogP contribution is 2.21. The molecule has 2 heterocycles. The van der Waals surface area contributed by atoms with Crippen LogP contribution < -0.4 is 15.5 Å². The molecule has 0 radical (unpaired) electrons. The minimum atomic E-state index is -0.216. The van der Waals surface area contributed by atoms with Crippen molar-refractivity contribution in [1.82, 2.24) is 20.4 Å². The fraction of sp³-hybridized carbons (Fsp3) is 0.474. The monoisotopic (exact) mass is 390 g/mol. The van der Waals surface area contributed by atoms with Gasteiger partial charge in [0.1, 0.15) is 5.82 Å². The fourth-order valence-electron chi connectivity index (χ4n) is 3.35. The number of rotatable bonds is 5. The van der Waals surface area contributed by atoms with Crippen LogP contribution in [0.15, 0.2) is 40.5 Å². The number of aliphatic imine (C=N–C) groups is 1. The van der Waals surface area contributed by atoms with E-state index >= 15 is 0 Å². The van der Waals surface area contributed by atoms with Crippen LogP contribution in [0.4, 0.5) is 10.1 Å². The molecule has 1 atom stereocenters. The molecular weight excluding hydrogens is 363 g/mol. The zero-order valence-electron chi connectivity index (χ0n) is 16.1. The molecule has 1 aliphatic rings. The van der Waals surface area contributed by atoms with Crippen molar-refractivity contribution in [2.75, 3.05) is 31.3 Å². The van der Waals surface area contributed by atoms with Crippen molar-refractivity contribution >= 4 is 23.4 Å². The molecule has 146 valence electrons. The summed E-state index contributed by atoms with van der Waals surface area (Å²) >= 11 is 1.62. The molecule has 0 aliphatic carbocycles. The number of hydrogen-bond acceptors (Lipinski definition) is 4. The highest BCUT2D eigenvalue weighted by molar-refractivity contribution is 7.98. The molecule has 1 aromatic heterocycles. The van der Waals surface area contributed by atoms with Crippen LogP contribution >= 0.6 is 11.8 Å². The topological polar surface area (TPSA) is 57.5 Å². The Labute approximate surface area is 164 Å². The number of nitrogens with zero attached hydrogens (tertiary/aromatic N) is 4. The van der Waals surface area contributed by atoms with Gasteiger partial charge in [-0.15, -0.1) is 11.8 Å². The number of hydrogen-bond donors (Lipinski definition) is 2. The molecular formula is C19H27FN6S. The van der Waals surface area contributed by atoms with Crippen LogP contribution in [0.5, 0.6) is 0 Å². The van der Waals surface area contributed by atoms with Crippen molar-refractivity contribution in [1.29, 1.82) is 0 Å². The van der Waals surface area contributed by atoms with Gasteiger partial charge in [-0.1, -0.05) is 0 Å². The summed E-state index contributed by atoms with van der Waals surface area (Å²) in [5.41, 5.74) is 2.09. The lowest BCUT2D eigenvalue weighted by atomic mass is 10.1. The largest absolute Gasteiger partial charge is 0.367 e. The number of aromatic nitrogens is 2. The van der Waals surface area contributed by atoms with Crippen molar-refractivity contribution in [2.24, 2.45) is 12.0 Å². The van der Waals surface area contributed by atoms with Gasteiger partial charge in [-0.05, 0) is 42.9 Å². The van der Waals surface area contributed by atoms with Gasteiger partial charge < -0.3 is 15.5 Å². The quantitative estimate of drug-likeness (QED) is 0.467. The van der Waals surface area contributed by atoms with Gasteiger partial charge >= 0.3 is 0 Å². The standard InChI is InChI=1S/C19H27FN6S/c1-21-19(22-10-14-9-15(20)6-7-18(14)27-3)24-16-5-4-8-26(12-16)17-11-23-25(2)13-17/h6-7,9,11,13,16H,4-5,8,10,12H2,1-3H3,(H2,21,22,24). The lowest BCUT2D eigenvalue weighted by molar-refractivity contribution is 0.468. The van der Waals surface area contributed by atoms with Crippen LogP contribution in [0.2, 0.25) is 0 Å². The normalized spacial score (nSPS) is 17.9. The van der Waals surface area contributed by atoms with Crippen molar-refractivity contribution in [3.63, 3.8) is 0 Å². The number of halogens is 1. The summed E-state index contributed by atoms with van der Waals surface area (Å²) in [5.74, 6) is 0.524. The first-order chi connectivity index (χ1) is 13.1. The van der Waals surface area contributed by atoms with E-state index in [-0.39, 0.29) is 5.82 Å². The molecule has 27 heavy (non-hydrogen) atoms. The van der Waals surface area contributed by atoms with Gasteiger partial charge in [0, 0.05) is 50.9 Å². The molecule has 1 aromatic carbocycles. The Morgan fingerprint density at radius 3 is 3.00 bits per heavy atom. The number of aryl methyl sites for hydroxylation is 1. The third-order valence-electron chi connectivity index (χ3n) is 4.73. The van der Waals surface area contributed by atoms with Crippen molar-refractivity contribution in [2.45, 2.75) is 30.3 Å². The van der Waals surface area contributed by atoms with Crippen LogP contribution in [0.3, 0.4) is 0 Å². The predicted molar refractivity (Wildman–Crippen MR) is 110 cm³/mol. The first kappa shape index (κ1) is 19.5. The van der Waals surface area contributed by atoms with Gasteiger partial charge in [0.2, 0.25) is 0 Å². The molecule has 1 unspecified atom stereocenters. The summed E-state index contributed by atoms with van der Waals surface area (Å²) in [6, 6.07) is 5.20. The zero-order chi connectivity index (χ0) is 19.2. The van der Waals surface area contributed by atoms with Crippen LogP contribution in [0.1, 0.15) is 18.4 Å². The number of nitrogens with one attached hydrogen (secondary N) is 2. The maximum atomic E-state index is 13.6. The molecule has 1 fully saturated rings. The van der Waals surface area contributed by atoms with Crippen LogP contribution in [-0.2, 0) is 13.6 Å². The summed E-state index contributed by atoms with van der Waals surface area (Å²) in [5, 5.41) is 11.1. The molecule has 0 saturated carbocycles. The van der Waals surface area contributed by atoms with E-state index in [1.165, 1.54) is 6.07 Å². The van der Waals surface area contributed by atoms with Gasteiger partial charge in [0.25, 0.3) is 0 Å². The number of anilines is 1. The molecule has 0 amide bonds. The van der Waals surface area contributed by atoms with E-state index in [1.54, 1.807) is 24.9 Å².